The Bertz CT molecular complexity index is 1190. The Labute approximate surface area is 241 Å². The number of anilines is 1. The number of carbonyl (C=O) groups excluding carboxylic acids is 2. The largest absolute Gasteiger partial charge is 0.507 e. The van der Waals surface area contributed by atoms with Crippen LogP contribution in [0.3, 0.4) is 0 Å². The predicted molar refractivity (Wildman–Crippen MR) is 161 cm³/mol. The molecule has 0 unspecified atom stereocenters. The van der Waals surface area contributed by atoms with Crippen LogP contribution in [0.25, 0.3) is 0 Å². The topological polar surface area (TPSA) is 91.2 Å². The van der Waals surface area contributed by atoms with Gasteiger partial charge in [-0.15, -0.1) is 0 Å². The average molecular weight is 601 g/mol. The van der Waals surface area contributed by atoms with Crippen molar-refractivity contribution in [2.45, 2.75) is 78.1 Å². The van der Waals surface area contributed by atoms with Crippen molar-refractivity contribution in [3.05, 3.63) is 58.7 Å². The smallest absolute Gasteiger partial charge is 0.411 e. The van der Waals surface area contributed by atoms with Crippen LogP contribution in [0.2, 0.25) is 0 Å². The molecule has 8 heteroatoms. The second-order valence-corrected chi connectivity index (χ2v) is 12.8. The van der Waals surface area contributed by atoms with Gasteiger partial charge in [0.25, 0.3) is 0 Å². The fourth-order valence-corrected chi connectivity index (χ4v) is 5.78. The monoisotopic (exact) mass is 599 g/mol. The number of phenolic OH excluding ortho intramolecular Hbond substituents is 1. The lowest BCUT2D eigenvalue weighted by atomic mass is 9.78. The van der Waals surface area contributed by atoms with Crippen LogP contribution in [0.4, 0.5) is 10.5 Å². The molecule has 0 aliphatic carbocycles. The number of benzene rings is 2. The lowest BCUT2D eigenvalue weighted by Gasteiger charge is -2.28. The number of nitrogens with one attached hydrogen (secondary N) is 1. The van der Waals surface area contributed by atoms with E-state index in [2.05, 4.69) is 42.0 Å². The molecule has 1 fully saturated rings. The van der Waals surface area contributed by atoms with Crippen LogP contribution in [0.5, 0.6) is 5.75 Å². The molecule has 2 aromatic rings. The van der Waals surface area contributed by atoms with Crippen LogP contribution in [0, 0.1) is 5.92 Å². The van der Waals surface area contributed by atoms with Gasteiger partial charge in [-0.1, -0.05) is 67.0 Å². The molecular weight excluding hydrogens is 558 g/mol. The van der Waals surface area contributed by atoms with E-state index in [4.69, 9.17) is 0 Å². The summed E-state index contributed by atoms with van der Waals surface area (Å²) < 4.78 is 9.18. The Balaban J connectivity index is 1.94. The fourth-order valence-electron chi connectivity index (χ4n) is 5.34. The molecule has 0 saturated carbocycles. The van der Waals surface area contributed by atoms with Gasteiger partial charge in [-0.25, -0.2) is 4.79 Å². The van der Waals surface area contributed by atoms with E-state index in [-0.39, 0.29) is 40.7 Å². The van der Waals surface area contributed by atoms with Crippen molar-refractivity contribution < 1.29 is 19.4 Å². The number of aromatic hydroxyl groups is 1. The summed E-state index contributed by atoms with van der Waals surface area (Å²) in [6.45, 7) is 15.4. The van der Waals surface area contributed by atoms with E-state index >= 15 is 0 Å². The van der Waals surface area contributed by atoms with Crippen molar-refractivity contribution in [1.29, 1.82) is 0 Å². The van der Waals surface area contributed by atoms with Crippen LogP contribution in [-0.2, 0) is 15.6 Å². The maximum Gasteiger partial charge on any atom is 0.411 e. The summed E-state index contributed by atoms with van der Waals surface area (Å²) in [5, 5.41) is 13.8. The first-order valence-electron chi connectivity index (χ1n) is 13.5. The molecule has 1 heterocycles. The minimum absolute atomic E-state index is 0.00632. The highest BCUT2D eigenvalue weighted by Crippen LogP contribution is 2.41. The second-order valence-electron chi connectivity index (χ2n) is 12.4. The number of likely N-dealkylation sites (tertiary alicyclic amines) is 1. The Kier molecular flexibility index (Phi) is 9.52. The standard InChI is InChI=1S/C31H42BrN3O4/c1-9-10-20-17-35(28(34-32)26(20)19-11-13-22(14-12-19)33-29(38)39-8)18-25(36)21-15-23(30(2,3)4)27(37)24(16-21)31(5,6)7/h11-16,20,26,37H,9-10,17-18H2,1-8H3,(H,33,38)/b34-28-/t20-,26+/m0/s1. The molecule has 2 N–H and O–H groups in total. The molecule has 39 heavy (non-hydrogen) atoms. The van der Waals surface area contributed by atoms with Gasteiger partial charge in [-0.3, -0.25) is 10.1 Å². The van der Waals surface area contributed by atoms with Gasteiger partial charge in [0.05, 0.1) is 29.8 Å². The van der Waals surface area contributed by atoms with Gasteiger partial charge in [0, 0.05) is 34.8 Å². The molecule has 212 valence electrons. The van der Waals surface area contributed by atoms with E-state index in [1.807, 2.05) is 77.9 Å². The molecule has 0 spiro atoms. The van der Waals surface area contributed by atoms with E-state index in [0.29, 0.717) is 17.8 Å². The summed E-state index contributed by atoms with van der Waals surface area (Å²) >= 11 is 3.35. The Morgan fingerprint density at radius 1 is 1.08 bits per heavy atom. The molecule has 1 aliphatic heterocycles. The fraction of sp³-hybridized carbons (Fsp3) is 0.516. The first-order valence-corrected chi connectivity index (χ1v) is 14.2. The van der Waals surface area contributed by atoms with Gasteiger partial charge in [0.15, 0.2) is 5.78 Å². The van der Waals surface area contributed by atoms with Gasteiger partial charge in [-0.2, -0.15) is 4.02 Å². The average Bonchev–Trinajstić information content (AvgIpc) is 3.19. The molecule has 7 nitrogen and oxygen atoms in total. The molecule has 3 rings (SSSR count). The number of amidine groups is 1. The number of hydrogen-bond donors (Lipinski definition) is 2. The zero-order valence-corrected chi connectivity index (χ0v) is 26.0. The summed E-state index contributed by atoms with van der Waals surface area (Å²) in [6.07, 6.45) is 1.49. The number of Topliss-reactive ketones (excluding diaryl/α,β-unsaturated/α-hetero) is 1. The zero-order chi connectivity index (χ0) is 29.1. The van der Waals surface area contributed by atoms with Crippen molar-refractivity contribution in [2.24, 2.45) is 9.94 Å². The highest BCUT2D eigenvalue weighted by atomic mass is 79.9. The highest BCUT2D eigenvalue weighted by molar-refractivity contribution is 9.08. The number of carbonyl (C=O) groups is 2. The number of amides is 1. The molecule has 0 aromatic heterocycles. The SMILES string of the molecule is CCC[C@H]1CN(CC(=O)c2cc(C(C)(C)C)c(O)c(C(C)(C)C)c2)/C(=N\Br)[C@@H]1c1ccc(NC(=O)OC)cc1. The van der Waals surface area contributed by atoms with Gasteiger partial charge in [0.1, 0.15) is 11.6 Å². The highest BCUT2D eigenvalue weighted by Gasteiger charge is 2.40. The maximum atomic E-state index is 13.8. The number of halogens is 1. The second kappa shape index (κ2) is 12.1. The minimum atomic E-state index is -0.515. The lowest BCUT2D eigenvalue weighted by molar-refractivity contribution is 0.0963. The first-order chi connectivity index (χ1) is 18.2. The number of phenols is 1. The minimum Gasteiger partial charge on any atom is -0.507 e. The van der Waals surface area contributed by atoms with Gasteiger partial charge < -0.3 is 14.7 Å². The quantitative estimate of drug-likeness (QED) is 0.320. The van der Waals surface area contributed by atoms with E-state index in [1.54, 1.807) is 0 Å². The number of rotatable bonds is 7. The number of ether oxygens (including phenoxy) is 1. The van der Waals surface area contributed by atoms with E-state index in [0.717, 1.165) is 35.4 Å². The molecule has 2 aromatic carbocycles. The Hall–Kier alpha value is -2.87. The zero-order valence-electron chi connectivity index (χ0n) is 24.4. The first kappa shape index (κ1) is 30.7. The molecule has 2 atom stereocenters. The number of ketones is 1. The van der Waals surface area contributed by atoms with Crippen molar-refractivity contribution in [2.75, 3.05) is 25.5 Å². The van der Waals surface area contributed by atoms with Gasteiger partial charge in [0.2, 0.25) is 0 Å². The van der Waals surface area contributed by atoms with Gasteiger partial charge in [-0.05, 0) is 53.0 Å². The third-order valence-electron chi connectivity index (χ3n) is 7.36. The maximum absolute atomic E-state index is 13.8. The van der Waals surface area contributed by atoms with Crippen LogP contribution < -0.4 is 5.32 Å². The molecule has 0 radical (unpaired) electrons. The molecule has 1 amide bonds. The molecule has 0 bridgehead atoms. The normalized spacial score (nSPS) is 18.9. The van der Waals surface area contributed by atoms with E-state index in [9.17, 15) is 14.7 Å². The number of nitrogens with zero attached hydrogens (tertiary/aromatic N) is 2. The van der Waals surface area contributed by atoms with Crippen LogP contribution in [0.1, 0.15) is 94.3 Å². The molecular formula is C31H42BrN3O4. The molecule has 1 aliphatic rings. The third kappa shape index (κ3) is 7.02. The van der Waals surface area contributed by atoms with E-state index in [1.165, 1.54) is 7.11 Å². The Morgan fingerprint density at radius 2 is 1.64 bits per heavy atom. The predicted octanol–water partition coefficient (Wildman–Crippen LogP) is 7.57. The van der Waals surface area contributed by atoms with Crippen LogP contribution in [0.15, 0.2) is 40.4 Å². The van der Waals surface area contributed by atoms with Crippen molar-refractivity contribution >= 4 is 39.5 Å². The summed E-state index contributed by atoms with van der Waals surface area (Å²) in [5.41, 5.74) is 3.24. The summed E-state index contributed by atoms with van der Waals surface area (Å²) in [7, 11) is 1.33. The van der Waals surface area contributed by atoms with Crippen molar-refractivity contribution in [1.82, 2.24) is 4.90 Å². The van der Waals surface area contributed by atoms with Crippen LogP contribution >= 0.6 is 16.1 Å². The number of methoxy groups -OCH3 is 1. The van der Waals surface area contributed by atoms with Crippen molar-refractivity contribution in [3.63, 3.8) is 0 Å². The van der Waals surface area contributed by atoms with E-state index < -0.39 is 6.09 Å². The summed E-state index contributed by atoms with van der Waals surface area (Å²) in [4.78, 5) is 27.4. The van der Waals surface area contributed by atoms with Crippen molar-refractivity contribution in [3.8, 4) is 5.75 Å². The lowest BCUT2D eigenvalue weighted by Crippen LogP contribution is -2.32. The number of hydrogen-bond acceptors (Lipinski definition) is 5. The summed E-state index contributed by atoms with van der Waals surface area (Å²) in [5.74, 6) is 1.38. The summed E-state index contributed by atoms with van der Waals surface area (Å²) in [6, 6.07) is 11.4. The third-order valence-corrected chi connectivity index (χ3v) is 7.72. The molecule has 1 saturated heterocycles. The van der Waals surface area contributed by atoms with Crippen LogP contribution in [-0.4, -0.2) is 47.9 Å². The Morgan fingerprint density at radius 3 is 2.10 bits per heavy atom. The van der Waals surface area contributed by atoms with Gasteiger partial charge >= 0.3 is 6.09 Å².